The topological polar surface area (TPSA) is 70.2 Å². The van der Waals surface area contributed by atoms with E-state index in [-0.39, 0.29) is 11.8 Å². The number of thioether (sulfide) groups is 1. The quantitative estimate of drug-likeness (QED) is 0.562. The normalized spacial score (nSPS) is 20.2. The van der Waals surface area contributed by atoms with Gasteiger partial charge in [0.05, 0.1) is 0 Å². The van der Waals surface area contributed by atoms with Crippen LogP contribution in [0.5, 0.6) is 0 Å². The lowest BCUT2D eigenvalue weighted by Crippen LogP contribution is -2.42. The SMILES string of the molecule is CC(=O)NCCNC(=O)CC1CSCCN1. The molecule has 0 saturated carbocycles. The molecule has 0 aliphatic carbocycles. The summed E-state index contributed by atoms with van der Waals surface area (Å²) < 4.78 is 0. The van der Waals surface area contributed by atoms with Crippen molar-refractivity contribution in [3.8, 4) is 0 Å². The van der Waals surface area contributed by atoms with Crippen molar-refractivity contribution in [3.05, 3.63) is 0 Å². The van der Waals surface area contributed by atoms with Gasteiger partial charge in [0, 0.05) is 50.5 Å². The lowest BCUT2D eigenvalue weighted by Gasteiger charge is -2.22. The fourth-order valence-electron chi connectivity index (χ4n) is 1.49. The molecule has 0 bridgehead atoms. The highest BCUT2D eigenvalue weighted by Gasteiger charge is 2.15. The molecule has 5 nitrogen and oxygen atoms in total. The lowest BCUT2D eigenvalue weighted by molar-refractivity contribution is -0.122. The average Bonchev–Trinajstić information content (AvgIpc) is 2.25. The Hall–Kier alpha value is -0.750. The summed E-state index contributed by atoms with van der Waals surface area (Å²) in [4.78, 5) is 22.1. The first-order valence-corrected chi connectivity index (χ1v) is 6.66. The van der Waals surface area contributed by atoms with Crippen molar-refractivity contribution < 1.29 is 9.59 Å². The molecule has 1 rings (SSSR count). The minimum atomic E-state index is -0.0698. The molecule has 1 atom stereocenters. The van der Waals surface area contributed by atoms with Crippen molar-refractivity contribution in [1.82, 2.24) is 16.0 Å². The van der Waals surface area contributed by atoms with Crippen molar-refractivity contribution in [2.75, 3.05) is 31.1 Å². The molecule has 2 amide bonds. The van der Waals surface area contributed by atoms with Gasteiger partial charge in [-0.2, -0.15) is 11.8 Å². The third-order valence-corrected chi connectivity index (χ3v) is 3.38. The van der Waals surface area contributed by atoms with E-state index in [0.29, 0.717) is 25.6 Å². The molecular formula is C10H19N3O2S. The molecule has 1 fully saturated rings. The van der Waals surface area contributed by atoms with Gasteiger partial charge < -0.3 is 16.0 Å². The van der Waals surface area contributed by atoms with Gasteiger partial charge in [0.15, 0.2) is 0 Å². The maximum Gasteiger partial charge on any atom is 0.221 e. The fraction of sp³-hybridized carbons (Fsp3) is 0.800. The van der Waals surface area contributed by atoms with Gasteiger partial charge in [0.2, 0.25) is 11.8 Å². The van der Waals surface area contributed by atoms with Crippen molar-refractivity contribution in [1.29, 1.82) is 0 Å². The Labute approximate surface area is 100 Å². The van der Waals surface area contributed by atoms with Crippen LogP contribution in [0.3, 0.4) is 0 Å². The van der Waals surface area contributed by atoms with E-state index in [1.807, 2.05) is 11.8 Å². The lowest BCUT2D eigenvalue weighted by atomic mass is 10.2. The minimum absolute atomic E-state index is 0.0466. The molecule has 1 aliphatic heterocycles. The van der Waals surface area contributed by atoms with Crippen molar-refractivity contribution in [2.24, 2.45) is 0 Å². The molecule has 0 aromatic heterocycles. The molecule has 0 aromatic rings. The second-order valence-corrected chi connectivity index (χ2v) is 4.91. The summed E-state index contributed by atoms with van der Waals surface area (Å²) in [6.45, 7) is 3.44. The number of carbonyl (C=O) groups excluding carboxylic acids is 2. The van der Waals surface area contributed by atoms with Crippen LogP contribution >= 0.6 is 11.8 Å². The Morgan fingerprint density at radius 1 is 1.38 bits per heavy atom. The van der Waals surface area contributed by atoms with E-state index in [1.165, 1.54) is 6.92 Å². The molecule has 3 N–H and O–H groups in total. The molecule has 92 valence electrons. The van der Waals surface area contributed by atoms with Gasteiger partial charge in [-0.05, 0) is 0 Å². The van der Waals surface area contributed by atoms with Crippen LogP contribution in [-0.4, -0.2) is 49.0 Å². The van der Waals surface area contributed by atoms with Crippen LogP contribution in [0, 0.1) is 0 Å². The molecule has 16 heavy (non-hydrogen) atoms. The first-order chi connectivity index (χ1) is 7.68. The van der Waals surface area contributed by atoms with E-state index in [9.17, 15) is 9.59 Å². The summed E-state index contributed by atoms with van der Waals surface area (Å²) in [6, 6.07) is 0.291. The van der Waals surface area contributed by atoms with Crippen LogP contribution in [0.2, 0.25) is 0 Å². The number of rotatable bonds is 5. The van der Waals surface area contributed by atoms with Gasteiger partial charge in [0.25, 0.3) is 0 Å². The fourth-order valence-corrected chi connectivity index (χ4v) is 2.44. The molecule has 0 radical (unpaired) electrons. The summed E-state index contributed by atoms with van der Waals surface area (Å²) in [5, 5.41) is 8.72. The highest BCUT2D eigenvalue weighted by molar-refractivity contribution is 7.99. The molecule has 0 aromatic carbocycles. The number of carbonyl (C=O) groups is 2. The molecule has 1 heterocycles. The Kier molecular flexibility index (Phi) is 6.25. The van der Waals surface area contributed by atoms with Crippen molar-refractivity contribution in [3.63, 3.8) is 0 Å². The van der Waals surface area contributed by atoms with Gasteiger partial charge in [0.1, 0.15) is 0 Å². The smallest absolute Gasteiger partial charge is 0.221 e. The van der Waals surface area contributed by atoms with Gasteiger partial charge >= 0.3 is 0 Å². The highest BCUT2D eigenvalue weighted by atomic mass is 32.2. The van der Waals surface area contributed by atoms with E-state index in [4.69, 9.17) is 0 Å². The van der Waals surface area contributed by atoms with E-state index in [0.717, 1.165) is 18.1 Å². The summed E-state index contributed by atoms with van der Waals surface area (Å²) >= 11 is 1.88. The first kappa shape index (κ1) is 13.3. The standard InChI is InChI=1S/C10H19N3O2S/c1-8(14)11-2-3-13-10(15)6-9-7-16-5-4-12-9/h9,12H,2-7H2,1H3,(H,11,14)(H,13,15). The largest absolute Gasteiger partial charge is 0.355 e. The van der Waals surface area contributed by atoms with Gasteiger partial charge in [-0.1, -0.05) is 0 Å². The monoisotopic (exact) mass is 245 g/mol. The minimum Gasteiger partial charge on any atom is -0.355 e. The van der Waals surface area contributed by atoms with Crippen LogP contribution < -0.4 is 16.0 Å². The van der Waals surface area contributed by atoms with E-state index in [1.54, 1.807) is 0 Å². The maximum absolute atomic E-state index is 11.5. The Balaban J connectivity index is 2.03. The predicted octanol–water partition coefficient (Wildman–Crippen LogP) is -0.666. The highest BCUT2D eigenvalue weighted by Crippen LogP contribution is 2.09. The molecule has 0 spiro atoms. The average molecular weight is 245 g/mol. The predicted molar refractivity (Wildman–Crippen MR) is 65.4 cm³/mol. The molecule has 6 heteroatoms. The van der Waals surface area contributed by atoms with E-state index < -0.39 is 0 Å². The first-order valence-electron chi connectivity index (χ1n) is 5.50. The Bertz CT molecular complexity index is 242. The zero-order valence-corrected chi connectivity index (χ0v) is 10.4. The Morgan fingerprint density at radius 2 is 2.12 bits per heavy atom. The van der Waals surface area contributed by atoms with E-state index >= 15 is 0 Å². The number of hydrogen-bond donors (Lipinski definition) is 3. The van der Waals surface area contributed by atoms with Crippen LogP contribution in [-0.2, 0) is 9.59 Å². The van der Waals surface area contributed by atoms with E-state index in [2.05, 4.69) is 16.0 Å². The summed E-state index contributed by atoms with van der Waals surface area (Å²) in [7, 11) is 0. The number of amides is 2. The van der Waals surface area contributed by atoms with Gasteiger partial charge in [-0.3, -0.25) is 9.59 Å². The second-order valence-electron chi connectivity index (χ2n) is 3.76. The summed E-state index contributed by atoms with van der Waals surface area (Å²) in [5.41, 5.74) is 0. The van der Waals surface area contributed by atoms with Crippen LogP contribution in [0.1, 0.15) is 13.3 Å². The zero-order valence-electron chi connectivity index (χ0n) is 9.54. The van der Waals surface area contributed by atoms with Gasteiger partial charge in [-0.15, -0.1) is 0 Å². The van der Waals surface area contributed by atoms with Gasteiger partial charge in [-0.25, -0.2) is 0 Å². The number of nitrogens with one attached hydrogen (secondary N) is 3. The third kappa shape index (κ3) is 5.97. The van der Waals surface area contributed by atoms with Crippen LogP contribution in [0.25, 0.3) is 0 Å². The maximum atomic E-state index is 11.5. The zero-order chi connectivity index (χ0) is 11.8. The molecule has 1 saturated heterocycles. The third-order valence-electron chi connectivity index (χ3n) is 2.25. The number of hydrogen-bond acceptors (Lipinski definition) is 4. The van der Waals surface area contributed by atoms with Crippen molar-refractivity contribution in [2.45, 2.75) is 19.4 Å². The molecular weight excluding hydrogens is 226 g/mol. The summed E-state index contributed by atoms with van der Waals surface area (Å²) in [6.07, 6.45) is 0.521. The van der Waals surface area contributed by atoms with Crippen LogP contribution in [0.15, 0.2) is 0 Å². The molecule has 1 unspecified atom stereocenters. The van der Waals surface area contributed by atoms with Crippen molar-refractivity contribution >= 4 is 23.6 Å². The second kappa shape index (κ2) is 7.51. The molecule has 1 aliphatic rings. The Morgan fingerprint density at radius 3 is 2.75 bits per heavy atom. The van der Waals surface area contributed by atoms with Crippen LogP contribution in [0.4, 0.5) is 0 Å². The summed E-state index contributed by atoms with van der Waals surface area (Å²) in [5.74, 6) is 2.10.